The molecule has 0 saturated heterocycles. The monoisotopic (exact) mass is 293 g/mol. The number of aromatic nitrogens is 3. The first kappa shape index (κ1) is 15.8. The zero-order valence-electron chi connectivity index (χ0n) is 13.5. The van der Waals surface area contributed by atoms with Gasteiger partial charge < -0.3 is 15.4 Å². The van der Waals surface area contributed by atoms with Gasteiger partial charge in [-0.15, -0.1) is 0 Å². The summed E-state index contributed by atoms with van der Waals surface area (Å²) >= 11 is 0. The maximum absolute atomic E-state index is 5.83. The Hall–Kier alpha value is -1.59. The third kappa shape index (κ3) is 4.44. The number of ether oxygens (including phenoxy) is 1. The van der Waals surface area contributed by atoms with Crippen LogP contribution in [0.4, 0.5) is 11.9 Å². The summed E-state index contributed by atoms with van der Waals surface area (Å²) in [6.07, 6.45) is 4.95. The fourth-order valence-electron chi connectivity index (χ4n) is 2.76. The summed E-state index contributed by atoms with van der Waals surface area (Å²) in [5.74, 6) is 1.42. The van der Waals surface area contributed by atoms with Crippen LogP contribution in [0.25, 0.3) is 0 Å². The molecule has 0 atom stereocenters. The fourth-order valence-corrected chi connectivity index (χ4v) is 2.76. The van der Waals surface area contributed by atoms with Gasteiger partial charge in [-0.3, -0.25) is 0 Å². The number of nitrogens with two attached hydrogens (primary N) is 1. The lowest BCUT2D eigenvalue weighted by molar-refractivity contribution is 0.222. The number of nitrogens with zero attached hydrogens (tertiary/aromatic N) is 4. The molecule has 1 aromatic heterocycles. The number of nitrogen functional groups attached to an aromatic ring is 1. The van der Waals surface area contributed by atoms with Crippen molar-refractivity contribution in [2.45, 2.75) is 65.5 Å². The first-order chi connectivity index (χ1) is 9.95. The van der Waals surface area contributed by atoms with Crippen LogP contribution < -0.4 is 15.4 Å². The summed E-state index contributed by atoms with van der Waals surface area (Å²) in [6, 6.07) is 0.820. The predicted octanol–water partition coefficient (Wildman–Crippen LogP) is 2.65. The van der Waals surface area contributed by atoms with Crippen LogP contribution in [0.15, 0.2) is 0 Å². The van der Waals surface area contributed by atoms with E-state index in [9.17, 15) is 0 Å². The minimum atomic E-state index is 0.0182. The van der Waals surface area contributed by atoms with E-state index < -0.39 is 0 Å². The summed E-state index contributed by atoms with van der Waals surface area (Å²) in [4.78, 5) is 15.2. The Bertz CT molecular complexity index is 457. The van der Waals surface area contributed by atoms with Crippen LogP contribution in [-0.4, -0.2) is 33.6 Å². The molecule has 0 unspecified atom stereocenters. The van der Waals surface area contributed by atoms with Crippen LogP contribution in [0, 0.1) is 5.92 Å². The van der Waals surface area contributed by atoms with Crippen LogP contribution in [-0.2, 0) is 0 Å². The molecule has 0 aliphatic heterocycles. The molecular formula is C15H27N5O. The summed E-state index contributed by atoms with van der Waals surface area (Å²) in [7, 11) is 0. The van der Waals surface area contributed by atoms with Gasteiger partial charge in [-0.1, -0.05) is 26.7 Å². The SMILES string of the molecule is CC(C)CN(c1nc(N)nc(OC(C)C)n1)C1CCCC1. The molecule has 1 saturated carbocycles. The zero-order chi connectivity index (χ0) is 15.4. The Morgan fingerprint density at radius 1 is 1.14 bits per heavy atom. The Morgan fingerprint density at radius 2 is 1.81 bits per heavy atom. The lowest BCUT2D eigenvalue weighted by Gasteiger charge is -2.30. The highest BCUT2D eigenvalue weighted by Gasteiger charge is 2.26. The summed E-state index contributed by atoms with van der Waals surface area (Å²) < 4.78 is 5.58. The lowest BCUT2D eigenvalue weighted by atomic mass is 10.1. The van der Waals surface area contributed by atoms with Gasteiger partial charge in [0.05, 0.1) is 6.10 Å². The molecule has 118 valence electrons. The van der Waals surface area contributed by atoms with Crippen LogP contribution in [0.1, 0.15) is 53.4 Å². The van der Waals surface area contributed by atoms with Crippen molar-refractivity contribution in [3.05, 3.63) is 0 Å². The van der Waals surface area contributed by atoms with Crippen molar-refractivity contribution in [2.75, 3.05) is 17.2 Å². The molecule has 0 spiro atoms. The van der Waals surface area contributed by atoms with E-state index in [1.54, 1.807) is 0 Å². The highest BCUT2D eigenvalue weighted by atomic mass is 16.5. The van der Waals surface area contributed by atoms with E-state index in [0.29, 0.717) is 23.9 Å². The molecule has 0 aromatic carbocycles. The summed E-state index contributed by atoms with van der Waals surface area (Å²) in [5.41, 5.74) is 5.83. The predicted molar refractivity (Wildman–Crippen MR) is 84.4 cm³/mol. The molecular weight excluding hydrogens is 266 g/mol. The summed E-state index contributed by atoms with van der Waals surface area (Å²) in [6.45, 7) is 9.23. The van der Waals surface area contributed by atoms with Gasteiger partial charge in [-0.2, -0.15) is 15.0 Å². The molecule has 0 bridgehead atoms. The van der Waals surface area contributed by atoms with Crippen molar-refractivity contribution in [1.29, 1.82) is 0 Å². The fraction of sp³-hybridized carbons (Fsp3) is 0.800. The van der Waals surface area contributed by atoms with Gasteiger partial charge in [0.2, 0.25) is 11.9 Å². The Labute approximate surface area is 127 Å². The van der Waals surface area contributed by atoms with Gasteiger partial charge >= 0.3 is 6.01 Å². The van der Waals surface area contributed by atoms with Crippen LogP contribution >= 0.6 is 0 Å². The van der Waals surface area contributed by atoms with Gasteiger partial charge in [0.15, 0.2) is 0 Å². The molecule has 6 heteroatoms. The molecule has 2 rings (SSSR count). The van der Waals surface area contributed by atoms with E-state index >= 15 is 0 Å². The quantitative estimate of drug-likeness (QED) is 0.869. The number of hydrogen-bond acceptors (Lipinski definition) is 6. The van der Waals surface area contributed by atoms with E-state index in [-0.39, 0.29) is 12.1 Å². The molecule has 1 aliphatic rings. The second-order valence-electron chi connectivity index (χ2n) is 6.43. The highest BCUT2D eigenvalue weighted by Crippen LogP contribution is 2.28. The molecule has 1 fully saturated rings. The van der Waals surface area contributed by atoms with E-state index in [2.05, 4.69) is 33.7 Å². The van der Waals surface area contributed by atoms with Crippen molar-refractivity contribution in [1.82, 2.24) is 15.0 Å². The smallest absolute Gasteiger partial charge is 0.323 e. The van der Waals surface area contributed by atoms with E-state index in [4.69, 9.17) is 10.5 Å². The molecule has 1 aromatic rings. The van der Waals surface area contributed by atoms with E-state index in [0.717, 1.165) is 6.54 Å². The van der Waals surface area contributed by atoms with Crippen molar-refractivity contribution in [3.63, 3.8) is 0 Å². The molecule has 1 aliphatic carbocycles. The highest BCUT2D eigenvalue weighted by molar-refractivity contribution is 5.37. The molecule has 0 amide bonds. The maximum Gasteiger partial charge on any atom is 0.323 e. The standard InChI is InChI=1S/C15H27N5O/c1-10(2)9-20(12-7-5-6-8-12)14-17-13(16)18-15(19-14)21-11(3)4/h10-12H,5-9H2,1-4H3,(H2,16,17,18,19). The summed E-state index contributed by atoms with van der Waals surface area (Å²) in [5, 5.41) is 0. The van der Waals surface area contributed by atoms with Crippen molar-refractivity contribution in [2.24, 2.45) is 5.92 Å². The Morgan fingerprint density at radius 3 is 2.38 bits per heavy atom. The largest absolute Gasteiger partial charge is 0.461 e. The maximum atomic E-state index is 5.83. The second kappa shape index (κ2) is 6.91. The van der Waals surface area contributed by atoms with Gasteiger partial charge in [-0.25, -0.2) is 0 Å². The third-order valence-electron chi connectivity index (χ3n) is 3.55. The number of hydrogen-bond donors (Lipinski definition) is 1. The van der Waals surface area contributed by atoms with Crippen molar-refractivity contribution < 1.29 is 4.74 Å². The number of anilines is 2. The minimum absolute atomic E-state index is 0.0182. The van der Waals surface area contributed by atoms with E-state index in [1.807, 2.05) is 13.8 Å². The molecule has 21 heavy (non-hydrogen) atoms. The first-order valence-corrected chi connectivity index (χ1v) is 7.90. The minimum Gasteiger partial charge on any atom is -0.461 e. The van der Waals surface area contributed by atoms with E-state index in [1.165, 1.54) is 25.7 Å². The zero-order valence-corrected chi connectivity index (χ0v) is 13.5. The Balaban J connectivity index is 2.27. The van der Waals surface area contributed by atoms with Crippen molar-refractivity contribution in [3.8, 4) is 6.01 Å². The third-order valence-corrected chi connectivity index (χ3v) is 3.55. The first-order valence-electron chi connectivity index (χ1n) is 7.90. The average Bonchev–Trinajstić information content (AvgIpc) is 2.87. The van der Waals surface area contributed by atoms with Crippen molar-refractivity contribution >= 4 is 11.9 Å². The van der Waals surface area contributed by atoms with Gasteiger partial charge in [0, 0.05) is 12.6 Å². The van der Waals surface area contributed by atoms with Crippen LogP contribution in [0.2, 0.25) is 0 Å². The van der Waals surface area contributed by atoms with Crippen LogP contribution in [0.3, 0.4) is 0 Å². The second-order valence-corrected chi connectivity index (χ2v) is 6.43. The lowest BCUT2D eigenvalue weighted by Crippen LogP contribution is -2.38. The molecule has 1 heterocycles. The molecule has 6 nitrogen and oxygen atoms in total. The van der Waals surface area contributed by atoms with Gasteiger partial charge in [-0.05, 0) is 32.6 Å². The van der Waals surface area contributed by atoms with Gasteiger partial charge in [0.1, 0.15) is 0 Å². The molecule has 0 radical (unpaired) electrons. The normalized spacial score (nSPS) is 15.9. The number of rotatable bonds is 6. The van der Waals surface area contributed by atoms with Gasteiger partial charge in [0.25, 0.3) is 0 Å². The Kier molecular flexibility index (Phi) is 5.20. The van der Waals surface area contributed by atoms with Crippen LogP contribution in [0.5, 0.6) is 6.01 Å². The average molecular weight is 293 g/mol. The topological polar surface area (TPSA) is 77.2 Å². The molecule has 2 N–H and O–H groups in total.